The topological polar surface area (TPSA) is 85.2 Å². The number of thiophene rings is 1. The molecular weight excluding hydrogens is 373 g/mol. The quantitative estimate of drug-likeness (QED) is 0.626. The SMILES string of the molecule is CN/C=C1/C=C(NCc2cc(Br)sc2C(=O)O)C=C(F)C1=N. The van der Waals surface area contributed by atoms with E-state index in [9.17, 15) is 9.18 Å². The van der Waals surface area contributed by atoms with Gasteiger partial charge in [-0.3, -0.25) is 5.41 Å². The number of carboxylic acid groups (broad SMARTS) is 1. The van der Waals surface area contributed by atoms with E-state index in [2.05, 4.69) is 26.6 Å². The van der Waals surface area contributed by atoms with Gasteiger partial charge in [-0.05, 0) is 39.7 Å². The van der Waals surface area contributed by atoms with Gasteiger partial charge in [0.1, 0.15) is 4.88 Å². The predicted molar refractivity (Wildman–Crippen MR) is 88.0 cm³/mol. The zero-order valence-corrected chi connectivity index (χ0v) is 13.9. The number of hydrogen-bond donors (Lipinski definition) is 4. The van der Waals surface area contributed by atoms with E-state index in [1.807, 2.05) is 0 Å². The molecule has 0 radical (unpaired) electrons. The zero-order valence-electron chi connectivity index (χ0n) is 11.5. The lowest BCUT2D eigenvalue weighted by atomic mass is 10.0. The number of allylic oxidation sites excluding steroid dienone is 4. The first kappa shape index (κ1) is 16.4. The highest BCUT2D eigenvalue weighted by Gasteiger charge is 2.17. The molecule has 0 amide bonds. The summed E-state index contributed by atoms with van der Waals surface area (Å²) in [6, 6.07) is 1.72. The Hall–Kier alpha value is -1.93. The van der Waals surface area contributed by atoms with Crippen LogP contribution < -0.4 is 10.6 Å². The van der Waals surface area contributed by atoms with Crippen LogP contribution in [0.1, 0.15) is 15.2 Å². The maximum Gasteiger partial charge on any atom is 0.346 e. The summed E-state index contributed by atoms with van der Waals surface area (Å²) in [6.07, 6.45) is 4.38. The van der Waals surface area contributed by atoms with E-state index in [0.29, 0.717) is 16.8 Å². The number of hydrogen-bond acceptors (Lipinski definition) is 5. The Morgan fingerprint density at radius 1 is 1.55 bits per heavy atom. The summed E-state index contributed by atoms with van der Waals surface area (Å²) in [6.45, 7) is 0.250. The van der Waals surface area contributed by atoms with Gasteiger partial charge in [-0.15, -0.1) is 11.3 Å². The normalized spacial score (nSPS) is 16.3. The van der Waals surface area contributed by atoms with Crippen LogP contribution in [-0.4, -0.2) is 23.8 Å². The third-order valence-corrected chi connectivity index (χ3v) is 4.55. The molecule has 4 N–H and O–H groups in total. The summed E-state index contributed by atoms with van der Waals surface area (Å²) in [5.74, 6) is -1.64. The first-order valence-electron chi connectivity index (χ1n) is 6.23. The van der Waals surface area contributed by atoms with Gasteiger partial charge in [-0.2, -0.15) is 0 Å². The summed E-state index contributed by atoms with van der Waals surface area (Å²) in [4.78, 5) is 11.4. The minimum Gasteiger partial charge on any atom is -0.477 e. The van der Waals surface area contributed by atoms with Gasteiger partial charge in [0.05, 0.1) is 9.50 Å². The van der Waals surface area contributed by atoms with Crippen molar-refractivity contribution in [2.24, 2.45) is 0 Å². The Morgan fingerprint density at radius 2 is 2.27 bits per heavy atom. The van der Waals surface area contributed by atoms with E-state index in [0.717, 1.165) is 15.1 Å². The standard InChI is InChI=1S/C14H13BrFN3O2S/c1-18-5-7-2-9(4-10(16)12(7)17)19-6-8-3-11(15)22-13(8)14(20)21/h2-5,17-19H,6H2,1H3,(H,20,21)/b7-5-,17-12?. The number of aromatic carboxylic acids is 1. The van der Waals surface area contributed by atoms with Crippen molar-refractivity contribution in [1.29, 1.82) is 5.41 Å². The fraction of sp³-hybridized carbons (Fsp3) is 0.143. The molecule has 116 valence electrons. The fourth-order valence-electron chi connectivity index (χ4n) is 1.90. The largest absolute Gasteiger partial charge is 0.477 e. The highest BCUT2D eigenvalue weighted by Crippen LogP contribution is 2.27. The summed E-state index contributed by atoms with van der Waals surface area (Å²) in [5.41, 5.74) is 1.31. The summed E-state index contributed by atoms with van der Waals surface area (Å²) >= 11 is 4.39. The van der Waals surface area contributed by atoms with Crippen molar-refractivity contribution < 1.29 is 14.3 Å². The molecule has 0 aliphatic heterocycles. The van der Waals surface area contributed by atoms with E-state index in [4.69, 9.17) is 10.5 Å². The molecule has 0 saturated carbocycles. The van der Waals surface area contributed by atoms with Crippen molar-refractivity contribution in [3.63, 3.8) is 0 Å². The van der Waals surface area contributed by atoms with Crippen molar-refractivity contribution >= 4 is 38.9 Å². The van der Waals surface area contributed by atoms with Crippen LogP contribution >= 0.6 is 27.3 Å². The number of nitrogens with one attached hydrogen (secondary N) is 3. The van der Waals surface area contributed by atoms with Crippen LogP contribution in [0.4, 0.5) is 4.39 Å². The van der Waals surface area contributed by atoms with Crippen molar-refractivity contribution in [2.45, 2.75) is 6.54 Å². The lowest BCUT2D eigenvalue weighted by molar-refractivity contribution is 0.0701. The molecule has 22 heavy (non-hydrogen) atoms. The van der Waals surface area contributed by atoms with Gasteiger partial charge in [0.25, 0.3) is 0 Å². The molecule has 1 aliphatic carbocycles. The van der Waals surface area contributed by atoms with E-state index >= 15 is 0 Å². The van der Waals surface area contributed by atoms with E-state index in [-0.39, 0.29) is 17.1 Å². The molecule has 0 saturated heterocycles. The Labute approximate surface area is 138 Å². The fourth-order valence-corrected chi connectivity index (χ4v) is 3.41. The molecule has 1 heterocycles. The molecule has 0 atom stereocenters. The minimum atomic E-state index is -0.996. The van der Waals surface area contributed by atoms with Crippen LogP contribution in [0.2, 0.25) is 0 Å². The zero-order chi connectivity index (χ0) is 16.3. The second kappa shape index (κ2) is 6.89. The predicted octanol–water partition coefficient (Wildman–Crippen LogP) is 3.17. The smallest absolute Gasteiger partial charge is 0.346 e. The monoisotopic (exact) mass is 385 g/mol. The average molecular weight is 386 g/mol. The minimum absolute atomic E-state index is 0.190. The van der Waals surface area contributed by atoms with Gasteiger partial charge in [-0.1, -0.05) is 0 Å². The van der Waals surface area contributed by atoms with Crippen molar-refractivity contribution in [2.75, 3.05) is 7.05 Å². The summed E-state index contributed by atoms with van der Waals surface area (Å²) < 4.78 is 14.4. The molecule has 1 aromatic rings. The Balaban J connectivity index is 2.18. The number of carboxylic acids is 1. The molecule has 1 aromatic heterocycles. The average Bonchev–Trinajstić information content (AvgIpc) is 2.83. The molecule has 5 nitrogen and oxygen atoms in total. The molecule has 2 rings (SSSR count). The molecule has 0 aromatic carbocycles. The number of halogens is 2. The Morgan fingerprint density at radius 3 is 2.91 bits per heavy atom. The lowest BCUT2D eigenvalue weighted by Crippen LogP contribution is -2.18. The van der Waals surface area contributed by atoms with E-state index in [1.54, 1.807) is 19.2 Å². The lowest BCUT2D eigenvalue weighted by Gasteiger charge is -2.14. The summed E-state index contributed by atoms with van der Waals surface area (Å²) in [7, 11) is 1.67. The Kier molecular flexibility index (Phi) is 5.15. The van der Waals surface area contributed by atoms with E-state index in [1.165, 1.54) is 12.3 Å². The number of carbonyl (C=O) groups is 1. The summed E-state index contributed by atoms with van der Waals surface area (Å²) in [5, 5.41) is 22.5. The van der Waals surface area contributed by atoms with Crippen LogP contribution in [0.3, 0.4) is 0 Å². The van der Waals surface area contributed by atoms with Gasteiger partial charge in [0, 0.05) is 31.1 Å². The third-order valence-electron chi connectivity index (χ3n) is 2.88. The molecular formula is C14H13BrFN3O2S. The van der Waals surface area contributed by atoms with Gasteiger partial charge >= 0.3 is 5.97 Å². The molecule has 0 bridgehead atoms. The Bertz CT molecular complexity index is 722. The third kappa shape index (κ3) is 3.63. The highest BCUT2D eigenvalue weighted by molar-refractivity contribution is 9.11. The van der Waals surface area contributed by atoms with Crippen molar-refractivity contribution in [3.05, 3.63) is 55.7 Å². The molecule has 8 heteroatoms. The number of rotatable bonds is 5. The molecule has 0 unspecified atom stereocenters. The second-order valence-corrected chi connectivity index (χ2v) is 6.85. The molecule has 1 aliphatic rings. The van der Waals surface area contributed by atoms with Crippen molar-refractivity contribution in [1.82, 2.24) is 10.6 Å². The van der Waals surface area contributed by atoms with Crippen LogP contribution in [0.15, 0.2) is 45.3 Å². The van der Waals surface area contributed by atoms with Gasteiger partial charge in [0.15, 0.2) is 5.83 Å². The van der Waals surface area contributed by atoms with Gasteiger partial charge in [-0.25, -0.2) is 9.18 Å². The van der Waals surface area contributed by atoms with Crippen LogP contribution in [0.25, 0.3) is 0 Å². The first-order chi connectivity index (χ1) is 10.4. The van der Waals surface area contributed by atoms with Crippen molar-refractivity contribution in [3.8, 4) is 0 Å². The molecule has 0 fully saturated rings. The molecule has 0 spiro atoms. The van der Waals surface area contributed by atoms with Gasteiger partial charge < -0.3 is 15.7 Å². The maximum atomic E-state index is 13.7. The highest BCUT2D eigenvalue weighted by atomic mass is 79.9. The second-order valence-electron chi connectivity index (χ2n) is 4.42. The van der Waals surface area contributed by atoms with Crippen LogP contribution in [0.5, 0.6) is 0 Å². The van der Waals surface area contributed by atoms with Gasteiger partial charge in [0.2, 0.25) is 0 Å². The van der Waals surface area contributed by atoms with Crippen LogP contribution in [0, 0.1) is 5.41 Å². The first-order valence-corrected chi connectivity index (χ1v) is 7.84. The maximum absolute atomic E-state index is 13.7. The van der Waals surface area contributed by atoms with Crippen LogP contribution in [-0.2, 0) is 6.54 Å². The van der Waals surface area contributed by atoms with E-state index < -0.39 is 11.8 Å².